The van der Waals surface area contributed by atoms with Crippen LogP contribution in [-0.2, 0) is 12.0 Å². The van der Waals surface area contributed by atoms with Crippen molar-refractivity contribution in [1.29, 1.82) is 0 Å². The minimum absolute atomic E-state index is 0. The number of thiazole rings is 1. The molecule has 0 radical (unpaired) electrons. The second-order valence-corrected chi connectivity index (χ2v) is 8.05. The standard InChI is InChI=1S/C18H25ClFN5S.HI/c1-18(2,14-7-6-12(20)8-15(14)19)11-23-16(21-3)22-9-13-10-26-17(24-13)25(4)5;/h6-8,10H,9,11H2,1-5H3,(H2,21,22,23);1H. The largest absolute Gasteiger partial charge is 0.356 e. The minimum atomic E-state index is -0.333. The molecule has 0 saturated carbocycles. The summed E-state index contributed by atoms with van der Waals surface area (Å²) in [6, 6.07) is 4.50. The first-order valence-corrected chi connectivity index (χ1v) is 9.50. The molecular weight excluding hydrogens is 500 g/mol. The Morgan fingerprint density at radius 2 is 2.04 bits per heavy atom. The molecule has 0 bridgehead atoms. The van der Waals surface area contributed by atoms with Crippen molar-refractivity contribution >= 4 is 58.0 Å². The van der Waals surface area contributed by atoms with Crippen molar-refractivity contribution in [3.05, 3.63) is 45.7 Å². The van der Waals surface area contributed by atoms with Crippen LogP contribution in [0.3, 0.4) is 0 Å². The smallest absolute Gasteiger partial charge is 0.191 e. The summed E-state index contributed by atoms with van der Waals surface area (Å²) >= 11 is 7.81. The van der Waals surface area contributed by atoms with Gasteiger partial charge in [0.2, 0.25) is 0 Å². The Morgan fingerprint density at radius 1 is 1.33 bits per heavy atom. The summed E-state index contributed by atoms with van der Waals surface area (Å²) in [5.41, 5.74) is 1.56. The van der Waals surface area contributed by atoms with Gasteiger partial charge in [0.25, 0.3) is 0 Å². The lowest BCUT2D eigenvalue weighted by Crippen LogP contribution is -2.43. The predicted molar refractivity (Wildman–Crippen MR) is 124 cm³/mol. The van der Waals surface area contributed by atoms with Crippen molar-refractivity contribution < 1.29 is 4.39 Å². The third-order valence-electron chi connectivity index (χ3n) is 3.94. The van der Waals surface area contributed by atoms with E-state index in [2.05, 4.69) is 34.5 Å². The zero-order chi connectivity index (χ0) is 19.3. The zero-order valence-electron chi connectivity index (χ0n) is 16.1. The SMILES string of the molecule is CN=C(NCc1csc(N(C)C)n1)NCC(C)(C)c1ccc(F)cc1Cl.I. The number of aromatic nitrogens is 1. The average Bonchev–Trinajstić information content (AvgIpc) is 3.04. The van der Waals surface area contributed by atoms with Crippen LogP contribution in [0.4, 0.5) is 9.52 Å². The first kappa shape index (κ1) is 23.9. The summed E-state index contributed by atoms with van der Waals surface area (Å²) in [4.78, 5) is 10.8. The van der Waals surface area contributed by atoms with Crippen LogP contribution >= 0.6 is 46.9 Å². The van der Waals surface area contributed by atoms with Crippen LogP contribution in [0.15, 0.2) is 28.6 Å². The van der Waals surface area contributed by atoms with E-state index in [1.54, 1.807) is 24.5 Å². The van der Waals surface area contributed by atoms with E-state index in [1.165, 1.54) is 12.1 Å². The lowest BCUT2D eigenvalue weighted by atomic mass is 9.84. The van der Waals surface area contributed by atoms with E-state index in [9.17, 15) is 4.39 Å². The van der Waals surface area contributed by atoms with Crippen LogP contribution < -0.4 is 15.5 Å². The van der Waals surface area contributed by atoms with Crippen molar-refractivity contribution in [1.82, 2.24) is 15.6 Å². The van der Waals surface area contributed by atoms with Gasteiger partial charge >= 0.3 is 0 Å². The zero-order valence-corrected chi connectivity index (χ0v) is 20.0. The molecular formula is C18H26ClFIN5S. The molecule has 1 aromatic carbocycles. The second-order valence-electron chi connectivity index (χ2n) is 6.80. The van der Waals surface area contributed by atoms with Crippen molar-refractivity contribution in [2.45, 2.75) is 25.8 Å². The molecule has 0 aliphatic rings. The molecule has 0 aliphatic heterocycles. The highest BCUT2D eigenvalue weighted by Crippen LogP contribution is 2.29. The lowest BCUT2D eigenvalue weighted by molar-refractivity contribution is 0.507. The van der Waals surface area contributed by atoms with Gasteiger partial charge in [-0.2, -0.15) is 0 Å². The van der Waals surface area contributed by atoms with Crippen molar-refractivity contribution in [2.24, 2.45) is 4.99 Å². The number of anilines is 1. The molecule has 2 aromatic rings. The monoisotopic (exact) mass is 525 g/mol. The number of hydrogen-bond acceptors (Lipinski definition) is 4. The van der Waals surface area contributed by atoms with Gasteiger partial charge in [0.15, 0.2) is 11.1 Å². The average molecular weight is 526 g/mol. The maximum Gasteiger partial charge on any atom is 0.191 e. The van der Waals surface area contributed by atoms with Crippen LogP contribution in [0.5, 0.6) is 0 Å². The maximum absolute atomic E-state index is 13.3. The molecule has 9 heteroatoms. The van der Waals surface area contributed by atoms with E-state index in [4.69, 9.17) is 11.6 Å². The van der Waals surface area contributed by atoms with E-state index in [-0.39, 0.29) is 35.2 Å². The summed E-state index contributed by atoms with van der Waals surface area (Å²) in [6.07, 6.45) is 0. The summed E-state index contributed by atoms with van der Waals surface area (Å²) < 4.78 is 13.3. The molecule has 0 saturated heterocycles. The van der Waals surface area contributed by atoms with E-state index in [1.807, 2.05) is 24.4 Å². The van der Waals surface area contributed by atoms with Crippen LogP contribution in [0.1, 0.15) is 25.1 Å². The molecule has 2 N–H and O–H groups in total. The Balaban J connectivity index is 0.00000364. The molecule has 2 rings (SSSR count). The van der Waals surface area contributed by atoms with Gasteiger partial charge in [-0.15, -0.1) is 35.3 Å². The van der Waals surface area contributed by atoms with Gasteiger partial charge < -0.3 is 15.5 Å². The van der Waals surface area contributed by atoms with Crippen LogP contribution in [0.2, 0.25) is 5.02 Å². The van der Waals surface area contributed by atoms with Crippen molar-refractivity contribution in [3.63, 3.8) is 0 Å². The fourth-order valence-corrected chi connectivity index (χ4v) is 3.60. The third kappa shape index (κ3) is 6.76. The Labute approximate surface area is 186 Å². The fourth-order valence-electron chi connectivity index (χ4n) is 2.42. The first-order chi connectivity index (χ1) is 12.2. The summed E-state index contributed by atoms with van der Waals surface area (Å²) in [5.74, 6) is 0.344. The number of benzene rings is 1. The molecule has 0 atom stereocenters. The number of aliphatic imine (C=N–C) groups is 1. The summed E-state index contributed by atoms with van der Waals surface area (Å²) in [7, 11) is 5.66. The van der Waals surface area contributed by atoms with E-state index in [0.29, 0.717) is 24.1 Å². The Morgan fingerprint density at radius 3 is 2.59 bits per heavy atom. The van der Waals surface area contributed by atoms with Gasteiger partial charge in [0.1, 0.15) is 5.82 Å². The number of hydrogen-bond donors (Lipinski definition) is 2. The quantitative estimate of drug-likeness (QED) is 0.336. The van der Waals surface area contributed by atoms with Gasteiger partial charge in [-0.3, -0.25) is 4.99 Å². The molecule has 5 nitrogen and oxygen atoms in total. The van der Waals surface area contributed by atoms with Crippen LogP contribution in [-0.4, -0.2) is 38.6 Å². The van der Waals surface area contributed by atoms with Gasteiger partial charge in [0.05, 0.1) is 12.2 Å². The van der Waals surface area contributed by atoms with E-state index in [0.717, 1.165) is 16.4 Å². The number of guanidine groups is 1. The van der Waals surface area contributed by atoms with Crippen molar-refractivity contribution in [2.75, 3.05) is 32.6 Å². The second kappa shape index (κ2) is 10.4. The molecule has 1 heterocycles. The van der Waals surface area contributed by atoms with Crippen LogP contribution in [0, 0.1) is 5.82 Å². The molecule has 1 aromatic heterocycles. The molecule has 0 unspecified atom stereocenters. The maximum atomic E-state index is 13.3. The molecule has 0 spiro atoms. The Kier molecular flexibility index (Phi) is 9.23. The third-order valence-corrected chi connectivity index (χ3v) is 5.31. The van der Waals surface area contributed by atoms with Gasteiger partial charge in [-0.05, 0) is 17.7 Å². The molecule has 27 heavy (non-hydrogen) atoms. The van der Waals surface area contributed by atoms with E-state index < -0.39 is 0 Å². The van der Waals surface area contributed by atoms with Crippen molar-refractivity contribution in [3.8, 4) is 0 Å². The highest BCUT2D eigenvalue weighted by atomic mass is 127. The number of nitrogens with one attached hydrogen (secondary N) is 2. The Hall–Kier alpha value is -1.13. The predicted octanol–water partition coefficient (Wildman–Crippen LogP) is 4.26. The molecule has 0 amide bonds. The highest BCUT2D eigenvalue weighted by Gasteiger charge is 2.24. The van der Waals surface area contributed by atoms with Gasteiger partial charge in [0, 0.05) is 43.5 Å². The molecule has 150 valence electrons. The summed E-state index contributed by atoms with van der Waals surface area (Å²) in [6.45, 7) is 5.28. The van der Waals surface area contributed by atoms with Gasteiger partial charge in [-0.1, -0.05) is 31.5 Å². The minimum Gasteiger partial charge on any atom is -0.356 e. The fraction of sp³-hybridized carbons (Fsp3) is 0.444. The van der Waals surface area contributed by atoms with Gasteiger partial charge in [-0.25, -0.2) is 9.37 Å². The van der Waals surface area contributed by atoms with Crippen LogP contribution in [0.25, 0.3) is 0 Å². The normalized spacial score (nSPS) is 11.7. The Bertz CT molecular complexity index is 779. The topological polar surface area (TPSA) is 52.6 Å². The number of nitrogens with zero attached hydrogens (tertiary/aromatic N) is 3. The highest BCUT2D eigenvalue weighted by molar-refractivity contribution is 14.0. The summed E-state index contributed by atoms with van der Waals surface area (Å²) in [5, 5.41) is 9.98. The molecule has 0 aliphatic carbocycles. The number of rotatable bonds is 6. The first-order valence-electron chi connectivity index (χ1n) is 8.24. The molecule has 0 fully saturated rings. The lowest BCUT2D eigenvalue weighted by Gasteiger charge is -2.27. The van der Waals surface area contributed by atoms with E-state index >= 15 is 0 Å². The number of halogens is 3.